The van der Waals surface area contributed by atoms with Crippen molar-refractivity contribution < 1.29 is 26.3 Å². The summed E-state index contributed by atoms with van der Waals surface area (Å²) < 4.78 is 69.2. The number of ether oxygens (including phenoxy) is 1. The molecule has 0 bridgehead atoms. The standard InChI is InChI=1S/C21H16F3N5O4S/c1-33-18-17(28-34(31,32)21(22,23)24)10-13(11-26-18)12-7-8-16-15(9-12)19(30)29(20(25)27-16)14-5-3-2-4-6-14/h2-11,28H,1H3,(H2,25,27). The number of nitrogens with two attached hydrogens (primary N) is 1. The zero-order valence-electron chi connectivity index (χ0n) is 17.4. The smallest absolute Gasteiger partial charge is 0.480 e. The quantitative estimate of drug-likeness (QED) is 0.438. The fraction of sp³-hybridized carbons (Fsp3) is 0.0952. The minimum Gasteiger partial charge on any atom is -0.480 e. The van der Waals surface area contributed by atoms with E-state index in [9.17, 15) is 26.4 Å². The van der Waals surface area contributed by atoms with Gasteiger partial charge in [-0.1, -0.05) is 24.3 Å². The Morgan fingerprint density at radius 2 is 1.76 bits per heavy atom. The van der Waals surface area contributed by atoms with Gasteiger partial charge in [0.05, 0.1) is 23.7 Å². The van der Waals surface area contributed by atoms with Crippen LogP contribution in [0.15, 0.2) is 65.6 Å². The first-order valence-corrected chi connectivity index (χ1v) is 11.0. The van der Waals surface area contributed by atoms with Gasteiger partial charge in [-0.3, -0.25) is 9.52 Å². The third-order valence-electron chi connectivity index (χ3n) is 4.84. The highest BCUT2D eigenvalue weighted by Gasteiger charge is 2.46. The fourth-order valence-electron chi connectivity index (χ4n) is 3.26. The van der Waals surface area contributed by atoms with Crippen LogP contribution in [0.2, 0.25) is 0 Å². The summed E-state index contributed by atoms with van der Waals surface area (Å²) in [5.41, 5.74) is 0.871. The Morgan fingerprint density at radius 3 is 2.41 bits per heavy atom. The maximum atomic E-state index is 13.2. The summed E-state index contributed by atoms with van der Waals surface area (Å²) in [6.07, 6.45) is 1.27. The molecule has 4 aromatic rings. The van der Waals surface area contributed by atoms with Crippen molar-refractivity contribution in [1.82, 2.24) is 14.5 Å². The van der Waals surface area contributed by atoms with Gasteiger partial charge >= 0.3 is 15.5 Å². The van der Waals surface area contributed by atoms with E-state index in [4.69, 9.17) is 10.5 Å². The van der Waals surface area contributed by atoms with Gasteiger partial charge < -0.3 is 10.5 Å². The van der Waals surface area contributed by atoms with E-state index in [1.807, 2.05) is 0 Å². The maximum Gasteiger partial charge on any atom is 0.516 e. The van der Waals surface area contributed by atoms with Crippen molar-refractivity contribution in [3.8, 4) is 22.7 Å². The van der Waals surface area contributed by atoms with E-state index in [0.29, 0.717) is 16.8 Å². The van der Waals surface area contributed by atoms with Crippen LogP contribution in [0.5, 0.6) is 5.88 Å². The first-order valence-electron chi connectivity index (χ1n) is 9.53. The van der Waals surface area contributed by atoms with Crippen LogP contribution in [0, 0.1) is 0 Å². The first-order chi connectivity index (χ1) is 16.0. The number of rotatable bonds is 5. The lowest BCUT2D eigenvalue weighted by atomic mass is 10.0. The zero-order chi connectivity index (χ0) is 24.7. The van der Waals surface area contributed by atoms with Gasteiger partial charge in [0.25, 0.3) is 5.56 Å². The summed E-state index contributed by atoms with van der Waals surface area (Å²) in [5.74, 6) is -0.385. The molecule has 0 radical (unpaired) electrons. The van der Waals surface area contributed by atoms with E-state index in [1.165, 1.54) is 27.6 Å². The van der Waals surface area contributed by atoms with Crippen molar-refractivity contribution in [2.75, 3.05) is 17.6 Å². The molecule has 13 heteroatoms. The Labute approximate surface area is 190 Å². The molecule has 2 aromatic heterocycles. The number of fused-ring (bicyclic) bond motifs is 1. The van der Waals surface area contributed by atoms with Gasteiger partial charge in [-0.2, -0.15) is 21.6 Å². The van der Waals surface area contributed by atoms with Crippen molar-refractivity contribution in [1.29, 1.82) is 0 Å². The van der Waals surface area contributed by atoms with Crippen molar-refractivity contribution in [2.24, 2.45) is 0 Å². The number of nitrogen functional groups attached to an aromatic ring is 1. The number of hydrogen-bond donors (Lipinski definition) is 2. The van der Waals surface area contributed by atoms with Gasteiger partial charge in [-0.15, -0.1) is 0 Å². The topological polar surface area (TPSA) is 129 Å². The summed E-state index contributed by atoms with van der Waals surface area (Å²) in [7, 11) is -4.58. The lowest BCUT2D eigenvalue weighted by Gasteiger charge is -2.14. The van der Waals surface area contributed by atoms with Crippen LogP contribution in [0.4, 0.5) is 24.8 Å². The molecule has 2 aromatic carbocycles. The van der Waals surface area contributed by atoms with Gasteiger partial charge in [-0.05, 0) is 35.9 Å². The third kappa shape index (κ3) is 4.12. The first kappa shape index (κ1) is 23.0. The summed E-state index contributed by atoms with van der Waals surface area (Å²) >= 11 is 0. The summed E-state index contributed by atoms with van der Waals surface area (Å²) in [4.78, 5) is 21.3. The molecule has 2 heterocycles. The van der Waals surface area contributed by atoms with Crippen LogP contribution in [-0.4, -0.2) is 35.6 Å². The van der Waals surface area contributed by atoms with Crippen molar-refractivity contribution in [2.45, 2.75) is 5.51 Å². The average Bonchev–Trinajstić information content (AvgIpc) is 2.78. The predicted octanol–water partition coefficient (Wildman–Crippen LogP) is 3.30. The summed E-state index contributed by atoms with van der Waals surface area (Å²) in [5, 5.41) is 0.184. The van der Waals surface area contributed by atoms with E-state index in [1.54, 1.807) is 36.4 Å². The molecule has 0 spiro atoms. The Balaban J connectivity index is 1.85. The molecule has 34 heavy (non-hydrogen) atoms. The molecule has 9 nitrogen and oxygen atoms in total. The van der Waals surface area contributed by atoms with Crippen LogP contribution in [0.1, 0.15) is 0 Å². The molecule has 0 saturated heterocycles. The van der Waals surface area contributed by atoms with Crippen molar-refractivity contribution in [3.05, 3.63) is 71.1 Å². The number of pyridine rings is 1. The molecule has 0 aliphatic carbocycles. The number of benzene rings is 2. The maximum absolute atomic E-state index is 13.2. The highest BCUT2D eigenvalue weighted by molar-refractivity contribution is 7.93. The number of hydrogen-bond acceptors (Lipinski definition) is 7. The highest BCUT2D eigenvalue weighted by atomic mass is 32.2. The molecular weight excluding hydrogens is 475 g/mol. The van der Waals surface area contributed by atoms with Gasteiger partial charge in [-0.25, -0.2) is 14.5 Å². The number of nitrogens with one attached hydrogen (secondary N) is 1. The Bertz CT molecular complexity index is 1550. The number of halogens is 3. The van der Waals surface area contributed by atoms with E-state index >= 15 is 0 Å². The predicted molar refractivity (Wildman–Crippen MR) is 120 cm³/mol. The average molecular weight is 491 g/mol. The molecule has 4 rings (SSSR count). The Hall–Kier alpha value is -4.13. The number of aromatic nitrogens is 3. The zero-order valence-corrected chi connectivity index (χ0v) is 18.2. The van der Waals surface area contributed by atoms with E-state index < -0.39 is 26.8 Å². The van der Waals surface area contributed by atoms with Gasteiger partial charge in [0, 0.05) is 11.8 Å². The number of anilines is 2. The lowest BCUT2D eigenvalue weighted by Crippen LogP contribution is -2.30. The largest absolute Gasteiger partial charge is 0.516 e. The second kappa shape index (κ2) is 8.33. The number of alkyl halides is 3. The van der Waals surface area contributed by atoms with Gasteiger partial charge in [0.1, 0.15) is 5.69 Å². The normalized spacial score (nSPS) is 12.0. The molecule has 0 unspecified atom stereocenters. The molecule has 0 saturated carbocycles. The Kier molecular flexibility index (Phi) is 5.65. The van der Waals surface area contributed by atoms with Gasteiger partial charge in [0.15, 0.2) is 0 Å². The van der Waals surface area contributed by atoms with Gasteiger partial charge in [0.2, 0.25) is 11.8 Å². The monoisotopic (exact) mass is 491 g/mol. The molecule has 0 aliphatic rings. The van der Waals surface area contributed by atoms with Crippen LogP contribution in [0.25, 0.3) is 27.7 Å². The molecule has 0 atom stereocenters. The molecule has 3 N–H and O–H groups in total. The molecular formula is C21H16F3N5O4S. The van der Waals surface area contributed by atoms with E-state index in [2.05, 4.69) is 9.97 Å². The van der Waals surface area contributed by atoms with E-state index in [-0.39, 0.29) is 22.8 Å². The lowest BCUT2D eigenvalue weighted by molar-refractivity contribution is -0.0429. The summed E-state index contributed by atoms with van der Waals surface area (Å²) in [6.45, 7) is 0. The van der Waals surface area contributed by atoms with Crippen LogP contribution >= 0.6 is 0 Å². The van der Waals surface area contributed by atoms with Crippen molar-refractivity contribution >= 4 is 32.6 Å². The second-order valence-corrected chi connectivity index (χ2v) is 8.68. The van der Waals surface area contributed by atoms with Crippen LogP contribution in [-0.2, 0) is 10.0 Å². The van der Waals surface area contributed by atoms with Crippen molar-refractivity contribution in [3.63, 3.8) is 0 Å². The Morgan fingerprint density at radius 1 is 1.06 bits per heavy atom. The molecule has 0 amide bonds. The minimum absolute atomic E-state index is 0.0218. The number of nitrogens with zero attached hydrogens (tertiary/aromatic N) is 3. The third-order valence-corrected chi connectivity index (χ3v) is 5.93. The fourth-order valence-corrected chi connectivity index (χ4v) is 3.81. The number of sulfonamides is 1. The van der Waals surface area contributed by atoms with E-state index in [0.717, 1.165) is 13.2 Å². The summed E-state index contributed by atoms with van der Waals surface area (Å²) in [6, 6.07) is 14.3. The number of methoxy groups -OCH3 is 1. The molecule has 0 fully saturated rings. The van der Waals surface area contributed by atoms with Crippen LogP contribution < -0.4 is 20.8 Å². The SMILES string of the molecule is COc1ncc(-c2ccc3nc(N)n(-c4ccccc4)c(=O)c3c2)cc1NS(=O)(=O)C(F)(F)F. The molecule has 176 valence electrons. The van der Waals surface area contributed by atoms with Crippen LogP contribution in [0.3, 0.4) is 0 Å². The minimum atomic E-state index is -5.71. The molecule has 0 aliphatic heterocycles. The number of para-hydroxylation sites is 1. The highest BCUT2D eigenvalue weighted by Crippen LogP contribution is 2.33. The second-order valence-electron chi connectivity index (χ2n) is 7.01.